The van der Waals surface area contributed by atoms with E-state index in [0.29, 0.717) is 0 Å². The summed E-state index contributed by atoms with van der Waals surface area (Å²) in [6, 6.07) is 25.1. The molecule has 0 aliphatic carbocycles. The van der Waals surface area contributed by atoms with Gasteiger partial charge in [0, 0.05) is 50.6 Å². The minimum Gasteiger partial charge on any atom is -0.385 e. The number of aliphatic imine (C=N–C) groups is 1. The van der Waals surface area contributed by atoms with Crippen molar-refractivity contribution < 1.29 is 0 Å². The van der Waals surface area contributed by atoms with E-state index in [1.54, 1.807) is 18.0 Å². The lowest BCUT2D eigenvalue weighted by Gasteiger charge is -2.12. The van der Waals surface area contributed by atoms with Crippen molar-refractivity contribution in [3.05, 3.63) is 125 Å². The van der Waals surface area contributed by atoms with Crippen LogP contribution in [0.15, 0.2) is 107 Å². The molecule has 3 nitrogen and oxygen atoms in total. The van der Waals surface area contributed by atoms with E-state index < -0.39 is 0 Å². The molecule has 0 radical (unpaired) electrons. The summed E-state index contributed by atoms with van der Waals surface area (Å²) in [5.41, 5.74) is 8.26. The van der Waals surface area contributed by atoms with E-state index in [1.807, 2.05) is 18.3 Å². The van der Waals surface area contributed by atoms with Crippen molar-refractivity contribution in [2.24, 2.45) is 4.99 Å². The highest BCUT2D eigenvalue weighted by atomic mass is 35.5. The van der Waals surface area contributed by atoms with E-state index in [2.05, 4.69) is 98.3 Å². The van der Waals surface area contributed by atoms with Gasteiger partial charge in [-0.25, -0.2) is 4.99 Å². The third-order valence-corrected chi connectivity index (χ3v) is 7.58. The first-order valence-corrected chi connectivity index (χ1v) is 14.3. The summed E-state index contributed by atoms with van der Waals surface area (Å²) in [4.78, 5) is 11.7. The average molecular weight is 540 g/mol. The molecule has 1 N–H and O–H groups in total. The van der Waals surface area contributed by atoms with Crippen molar-refractivity contribution in [1.29, 1.82) is 0 Å². The van der Waals surface area contributed by atoms with Crippen molar-refractivity contribution in [2.75, 3.05) is 6.54 Å². The average Bonchev–Trinajstić information content (AvgIpc) is 3.10. The van der Waals surface area contributed by atoms with Crippen LogP contribution in [0.25, 0.3) is 5.70 Å². The van der Waals surface area contributed by atoms with Gasteiger partial charge >= 0.3 is 0 Å². The lowest BCUT2D eigenvalue weighted by atomic mass is 10.00. The van der Waals surface area contributed by atoms with Gasteiger partial charge in [-0.15, -0.1) is 0 Å². The molecular formula is C33H34ClN3S. The highest BCUT2D eigenvalue weighted by Gasteiger charge is 2.20. The van der Waals surface area contributed by atoms with Crippen LogP contribution in [0.1, 0.15) is 55.0 Å². The molecule has 0 unspecified atom stereocenters. The summed E-state index contributed by atoms with van der Waals surface area (Å²) in [6.45, 7) is 11.4. The van der Waals surface area contributed by atoms with Gasteiger partial charge in [0.15, 0.2) is 0 Å². The number of aryl methyl sites for hydroxylation is 1. The van der Waals surface area contributed by atoms with Crippen LogP contribution in [0, 0.1) is 0 Å². The fourth-order valence-electron chi connectivity index (χ4n) is 4.14. The Morgan fingerprint density at radius 3 is 2.50 bits per heavy atom. The van der Waals surface area contributed by atoms with E-state index in [9.17, 15) is 0 Å². The van der Waals surface area contributed by atoms with Gasteiger partial charge in [-0.05, 0) is 59.9 Å². The minimum atomic E-state index is 0.780. The van der Waals surface area contributed by atoms with E-state index in [0.717, 1.165) is 68.7 Å². The molecule has 0 spiro atoms. The van der Waals surface area contributed by atoms with Gasteiger partial charge in [0.2, 0.25) is 0 Å². The van der Waals surface area contributed by atoms with Crippen LogP contribution < -0.4 is 5.32 Å². The fourth-order valence-corrected chi connectivity index (χ4v) is 5.45. The van der Waals surface area contributed by atoms with Crippen molar-refractivity contribution in [3.63, 3.8) is 0 Å². The molecule has 1 aliphatic heterocycles. The molecule has 0 saturated carbocycles. The quantitative estimate of drug-likeness (QED) is 0.224. The number of hydrogen-bond acceptors (Lipinski definition) is 4. The van der Waals surface area contributed by atoms with E-state index in [1.165, 1.54) is 16.9 Å². The van der Waals surface area contributed by atoms with Crippen LogP contribution in [-0.4, -0.2) is 17.2 Å². The van der Waals surface area contributed by atoms with Crippen molar-refractivity contribution in [2.45, 2.75) is 49.8 Å². The summed E-state index contributed by atoms with van der Waals surface area (Å²) in [5.74, 6) is 0. The van der Waals surface area contributed by atoms with Gasteiger partial charge in [0.05, 0.1) is 11.4 Å². The largest absolute Gasteiger partial charge is 0.385 e. The van der Waals surface area contributed by atoms with Crippen LogP contribution in [-0.2, 0) is 12.8 Å². The predicted molar refractivity (Wildman–Crippen MR) is 164 cm³/mol. The van der Waals surface area contributed by atoms with Crippen LogP contribution in [0.5, 0.6) is 0 Å². The van der Waals surface area contributed by atoms with Crippen LogP contribution in [0.2, 0.25) is 5.02 Å². The van der Waals surface area contributed by atoms with Gasteiger partial charge in [-0.3, -0.25) is 4.98 Å². The van der Waals surface area contributed by atoms with Gasteiger partial charge < -0.3 is 5.32 Å². The van der Waals surface area contributed by atoms with Crippen molar-refractivity contribution in [3.8, 4) is 0 Å². The highest BCUT2D eigenvalue weighted by Crippen LogP contribution is 2.42. The zero-order valence-electron chi connectivity index (χ0n) is 22.3. The van der Waals surface area contributed by atoms with Gasteiger partial charge in [-0.2, -0.15) is 0 Å². The molecule has 2 heterocycles. The molecule has 1 aliphatic rings. The Morgan fingerprint density at radius 1 is 0.947 bits per heavy atom. The molecule has 0 amide bonds. The number of aromatic nitrogens is 1. The Morgan fingerprint density at radius 2 is 1.76 bits per heavy atom. The van der Waals surface area contributed by atoms with Gasteiger partial charge in [-0.1, -0.05) is 99.6 Å². The van der Waals surface area contributed by atoms with E-state index in [-0.39, 0.29) is 0 Å². The third kappa shape index (κ3) is 6.75. The number of nitrogens with one attached hydrogen (secondary N) is 1. The second-order valence-corrected chi connectivity index (χ2v) is 10.6. The Kier molecular flexibility index (Phi) is 9.80. The maximum atomic E-state index is 6.59. The zero-order valence-corrected chi connectivity index (χ0v) is 23.9. The molecule has 38 heavy (non-hydrogen) atoms. The first-order valence-electron chi connectivity index (χ1n) is 13.1. The SMILES string of the molecule is C=C(NCCc1cccnc1)c1ccc2c(c1)N=C(c1ccc(CC)c(Cl)c1)c1ccccc1S2.CCC. The Balaban J connectivity index is 0.00000107. The molecule has 5 rings (SSSR count). The van der Waals surface area contributed by atoms with Crippen LogP contribution in [0.4, 0.5) is 5.69 Å². The number of benzene rings is 3. The monoisotopic (exact) mass is 539 g/mol. The normalized spacial score (nSPS) is 11.7. The molecule has 194 valence electrons. The topological polar surface area (TPSA) is 37.3 Å². The molecule has 0 bridgehead atoms. The minimum absolute atomic E-state index is 0.780. The molecule has 5 heteroatoms. The lowest BCUT2D eigenvalue weighted by molar-refractivity contribution is 0.845. The Bertz CT molecular complexity index is 1430. The van der Waals surface area contributed by atoms with Gasteiger partial charge in [0.25, 0.3) is 0 Å². The Hall–Kier alpha value is -3.34. The van der Waals surface area contributed by atoms with Crippen LogP contribution in [0.3, 0.4) is 0 Å². The maximum absolute atomic E-state index is 6.59. The smallest absolute Gasteiger partial charge is 0.0793 e. The molecule has 0 saturated heterocycles. The third-order valence-electron chi connectivity index (χ3n) is 6.08. The summed E-state index contributed by atoms with van der Waals surface area (Å²) < 4.78 is 0. The molecular weight excluding hydrogens is 506 g/mol. The van der Waals surface area contributed by atoms with E-state index in [4.69, 9.17) is 16.6 Å². The summed E-state index contributed by atoms with van der Waals surface area (Å²) >= 11 is 8.34. The second kappa shape index (κ2) is 13.5. The highest BCUT2D eigenvalue weighted by molar-refractivity contribution is 7.99. The summed E-state index contributed by atoms with van der Waals surface area (Å²) in [6.07, 6.45) is 6.74. The fraction of sp³-hybridized carbons (Fsp3) is 0.212. The number of halogens is 1. The molecule has 0 atom stereocenters. The standard InChI is InChI=1S/C30H26ClN3S.C3H8/c1-3-22-10-11-24(17-26(22)31)30-25-8-4-5-9-28(25)35-29-13-12-23(18-27(29)34-30)20(2)33-16-14-21-7-6-15-32-19-21;1-3-2/h4-13,15,17-19,33H,2-3,14,16H2,1H3;3H2,1-2H3. The summed E-state index contributed by atoms with van der Waals surface area (Å²) in [7, 11) is 0. The van der Waals surface area contributed by atoms with Crippen molar-refractivity contribution in [1.82, 2.24) is 10.3 Å². The molecule has 3 aromatic carbocycles. The molecule has 1 aromatic heterocycles. The molecule has 0 fully saturated rings. The first-order chi connectivity index (χ1) is 18.5. The number of hydrogen-bond donors (Lipinski definition) is 1. The summed E-state index contributed by atoms with van der Waals surface area (Å²) in [5, 5.41) is 4.23. The van der Waals surface area contributed by atoms with Crippen molar-refractivity contribution >= 4 is 40.5 Å². The number of fused-ring (bicyclic) bond motifs is 2. The number of nitrogens with zero attached hydrogens (tertiary/aromatic N) is 2. The van der Waals surface area contributed by atoms with E-state index >= 15 is 0 Å². The molecule has 4 aromatic rings. The predicted octanol–water partition coefficient (Wildman–Crippen LogP) is 9.15. The number of pyridine rings is 1. The zero-order chi connectivity index (χ0) is 26.9. The van der Waals surface area contributed by atoms with Gasteiger partial charge in [0.1, 0.15) is 0 Å². The van der Waals surface area contributed by atoms with Crippen LogP contribution >= 0.6 is 23.4 Å². The second-order valence-electron chi connectivity index (χ2n) is 9.12. The first kappa shape index (κ1) is 27.7. The number of rotatable bonds is 7. The lowest BCUT2D eigenvalue weighted by Crippen LogP contribution is -2.15. The Labute approximate surface area is 236 Å². The maximum Gasteiger partial charge on any atom is 0.0793 e.